The molecule has 16 heavy (non-hydrogen) atoms. The van der Waals surface area contributed by atoms with Crippen LogP contribution in [0, 0.1) is 10.1 Å². The minimum absolute atomic E-state index is 0.0354. The van der Waals surface area contributed by atoms with Gasteiger partial charge >= 0.3 is 5.69 Å². The van der Waals surface area contributed by atoms with Crippen molar-refractivity contribution >= 4 is 21.6 Å². The number of hydrogen-bond acceptors (Lipinski definition) is 4. The van der Waals surface area contributed by atoms with Crippen LogP contribution in [-0.2, 0) is 4.74 Å². The van der Waals surface area contributed by atoms with Crippen molar-refractivity contribution < 1.29 is 14.4 Å². The van der Waals surface area contributed by atoms with Crippen molar-refractivity contribution in [2.24, 2.45) is 0 Å². The number of methoxy groups -OCH3 is 1. The number of nitro groups is 1. The lowest BCUT2D eigenvalue weighted by Gasteiger charge is -2.07. The Kier molecular flexibility index (Phi) is 5.21. The van der Waals surface area contributed by atoms with Crippen LogP contribution in [0.25, 0.3) is 0 Å². The molecule has 1 aromatic rings. The topological polar surface area (TPSA) is 61.6 Å². The molecule has 0 heterocycles. The zero-order valence-electron chi connectivity index (χ0n) is 8.81. The van der Waals surface area contributed by atoms with E-state index in [-0.39, 0.29) is 11.4 Å². The third-order valence-electron chi connectivity index (χ3n) is 1.88. The van der Waals surface area contributed by atoms with Crippen molar-refractivity contribution in [1.82, 2.24) is 0 Å². The summed E-state index contributed by atoms with van der Waals surface area (Å²) < 4.78 is 10.8. The first kappa shape index (κ1) is 12.9. The van der Waals surface area contributed by atoms with E-state index >= 15 is 0 Å². The maximum atomic E-state index is 10.7. The van der Waals surface area contributed by atoms with Crippen LogP contribution in [-0.4, -0.2) is 25.2 Å². The SMILES string of the molecule is COCCCOc1c(Br)cccc1[N+](=O)[O-]. The molecule has 0 N–H and O–H groups in total. The summed E-state index contributed by atoms with van der Waals surface area (Å²) >= 11 is 3.22. The molecule has 1 aromatic carbocycles. The highest BCUT2D eigenvalue weighted by Crippen LogP contribution is 2.34. The summed E-state index contributed by atoms with van der Waals surface area (Å²) in [6, 6.07) is 4.72. The van der Waals surface area contributed by atoms with E-state index in [1.54, 1.807) is 19.2 Å². The molecular formula is C10H12BrNO4. The molecule has 0 atom stereocenters. The molecule has 1 rings (SSSR count). The molecule has 0 amide bonds. The van der Waals surface area contributed by atoms with E-state index < -0.39 is 4.92 Å². The van der Waals surface area contributed by atoms with Crippen LogP contribution in [0.3, 0.4) is 0 Å². The molecule has 0 saturated carbocycles. The van der Waals surface area contributed by atoms with E-state index in [4.69, 9.17) is 9.47 Å². The van der Waals surface area contributed by atoms with Gasteiger partial charge in [-0.1, -0.05) is 6.07 Å². The molecule has 0 fully saturated rings. The fourth-order valence-corrected chi connectivity index (χ4v) is 1.63. The number of ether oxygens (including phenoxy) is 2. The monoisotopic (exact) mass is 289 g/mol. The molecule has 0 aromatic heterocycles. The quantitative estimate of drug-likeness (QED) is 0.459. The second-order valence-corrected chi connectivity index (χ2v) is 3.89. The van der Waals surface area contributed by atoms with Crippen molar-refractivity contribution in [1.29, 1.82) is 0 Å². The van der Waals surface area contributed by atoms with Crippen LogP contribution in [0.2, 0.25) is 0 Å². The van der Waals surface area contributed by atoms with E-state index in [0.717, 1.165) is 0 Å². The van der Waals surface area contributed by atoms with E-state index in [1.165, 1.54) is 6.07 Å². The third-order valence-corrected chi connectivity index (χ3v) is 2.51. The maximum Gasteiger partial charge on any atom is 0.312 e. The van der Waals surface area contributed by atoms with Crippen molar-refractivity contribution in [3.63, 3.8) is 0 Å². The van der Waals surface area contributed by atoms with Crippen LogP contribution >= 0.6 is 15.9 Å². The highest BCUT2D eigenvalue weighted by molar-refractivity contribution is 9.10. The summed E-state index contributed by atoms with van der Waals surface area (Å²) in [5.74, 6) is 0.267. The van der Waals surface area contributed by atoms with Gasteiger partial charge in [0.15, 0.2) is 0 Å². The molecule has 0 unspecified atom stereocenters. The van der Waals surface area contributed by atoms with Crippen LogP contribution in [0.1, 0.15) is 6.42 Å². The first-order valence-electron chi connectivity index (χ1n) is 4.71. The zero-order chi connectivity index (χ0) is 12.0. The Bertz CT molecular complexity index is 370. The van der Waals surface area contributed by atoms with Gasteiger partial charge in [0.05, 0.1) is 16.0 Å². The lowest BCUT2D eigenvalue weighted by molar-refractivity contribution is -0.386. The molecule has 88 valence electrons. The predicted octanol–water partition coefficient (Wildman–Crippen LogP) is 2.77. The molecule has 0 aliphatic rings. The highest BCUT2D eigenvalue weighted by atomic mass is 79.9. The summed E-state index contributed by atoms with van der Waals surface area (Å²) in [7, 11) is 1.60. The average Bonchev–Trinajstić information content (AvgIpc) is 2.25. The van der Waals surface area contributed by atoms with Gasteiger partial charge in [-0.05, 0) is 22.0 Å². The summed E-state index contributed by atoms with van der Waals surface area (Å²) in [6.07, 6.45) is 0.689. The molecule has 0 radical (unpaired) electrons. The van der Waals surface area contributed by atoms with Gasteiger partial charge < -0.3 is 9.47 Å². The number of para-hydroxylation sites is 1. The van der Waals surface area contributed by atoms with Gasteiger partial charge in [-0.25, -0.2) is 0 Å². The Morgan fingerprint density at radius 3 is 2.81 bits per heavy atom. The molecule has 0 saturated heterocycles. The van der Waals surface area contributed by atoms with Gasteiger partial charge in [0.1, 0.15) is 0 Å². The van der Waals surface area contributed by atoms with Crippen LogP contribution in [0.5, 0.6) is 5.75 Å². The molecule has 0 aliphatic heterocycles. The number of hydrogen-bond donors (Lipinski definition) is 0. The predicted molar refractivity (Wildman–Crippen MR) is 62.8 cm³/mol. The van der Waals surface area contributed by atoms with Crippen LogP contribution in [0.4, 0.5) is 5.69 Å². The van der Waals surface area contributed by atoms with E-state index in [0.29, 0.717) is 24.1 Å². The van der Waals surface area contributed by atoms with Gasteiger partial charge in [-0.15, -0.1) is 0 Å². The van der Waals surface area contributed by atoms with Crippen molar-refractivity contribution in [2.75, 3.05) is 20.3 Å². The third kappa shape index (κ3) is 3.46. The van der Waals surface area contributed by atoms with Crippen LogP contribution < -0.4 is 4.74 Å². The second-order valence-electron chi connectivity index (χ2n) is 3.04. The van der Waals surface area contributed by atoms with Crippen molar-refractivity contribution in [3.8, 4) is 5.75 Å². The molecule has 0 aliphatic carbocycles. The van der Waals surface area contributed by atoms with Crippen molar-refractivity contribution in [2.45, 2.75) is 6.42 Å². The first-order valence-corrected chi connectivity index (χ1v) is 5.50. The molecule has 6 heteroatoms. The summed E-state index contributed by atoms with van der Waals surface area (Å²) in [6.45, 7) is 0.954. The van der Waals surface area contributed by atoms with Gasteiger partial charge in [0.2, 0.25) is 5.75 Å². The van der Waals surface area contributed by atoms with E-state index in [1.807, 2.05) is 0 Å². The fourth-order valence-electron chi connectivity index (χ4n) is 1.16. The number of rotatable bonds is 6. The smallest absolute Gasteiger partial charge is 0.312 e. The van der Waals surface area contributed by atoms with Gasteiger partial charge in [0.25, 0.3) is 0 Å². The van der Waals surface area contributed by atoms with Gasteiger partial charge in [-0.3, -0.25) is 10.1 Å². The number of nitrogens with zero attached hydrogens (tertiary/aromatic N) is 1. The fraction of sp³-hybridized carbons (Fsp3) is 0.400. The largest absolute Gasteiger partial charge is 0.486 e. The van der Waals surface area contributed by atoms with E-state index in [9.17, 15) is 10.1 Å². The molecular weight excluding hydrogens is 278 g/mol. The van der Waals surface area contributed by atoms with Gasteiger partial charge in [-0.2, -0.15) is 0 Å². The second kappa shape index (κ2) is 6.44. The van der Waals surface area contributed by atoms with Crippen molar-refractivity contribution in [3.05, 3.63) is 32.8 Å². The minimum Gasteiger partial charge on any atom is -0.486 e. The lowest BCUT2D eigenvalue weighted by atomic mass is 10.3. The van der Waals surface area contributed by atoms with Gasteiger partial charge in [0, 0.05) is 26.2 Å². The average molecular weight is 290 g/mol. The Morgan fingerprint density at radius 2 is 2.19 bits per heavy atom. The molecule has 5 nitrogen and oxygen atoms in total. The Hall–Kier alpha value is -1.14. The Balaban J connectivity index is 2.73. The Labute approximate surface area is 102 Å². The normalized spacial score (nSPS) is 10.1. The van der Waals surface area contributed by atoms with Crippen LogP contribution in [0.15, 0.2) is 22.7 Å². The summed E-state index contributed by atoms with van der Waals surface area (Å²) in [5.41, 5.74) is -0.0354. The molecule has 0 spiro atoms. The maximum absolute atomic E-state index is 10.7. The number of nitro benzene ring substituents is 1. The standard InChI is InChI=1S/C10H12BrNO4/c1-15-6-3-7-16-10-8(11)4-2-5-9(10)12(13)14/h2,4-5H,3,6-7H2,1H3. The first-order chi connectivity index (χ1) is 7.66. The lowest BCUT2D eigenvalue weighted by Crippen LogP contribution is -2.03. The zero-order valence-corrected chi connectivity index (χ0v) is 10.4. The highest BCUT2D eigenvalue weighted by Gasteiger charge is 2.17. The van der Waals surface area contributed by atoms with E-state index in [2.05, 4.69) is 15.9 Å². The molecule has 0 bridgehead atoms. The summed E-state index contributed by atoms with van der Waals surface area (Å²) in [5, 5.41) is 10.7. The number of halogens is 1. The Morgan fingerprint density at radius 1 is 1.44 bits per heavy atom. The minimum atomic E-state index is -0.462. The summed E-state index contributed by atoms with van der Waals surface area (Å²) in [4.78, 5) is 10.3. The number of benzene rings is 1.